The molecule has 2 N–H and O–H groups in total. The van der Waals surface area contributed by atoms with E-state index in [1.807, 2.05) is 30.3 Å². The lowest BCUT2D eigenvalue weighted by molar-refractivity contribution is 1.36. The first kappa shape index (κ1) is 14.1. The van der Waals surface area contributed by atoms with Crippen LogP contribution < -0.4 is 5.73 Å². The number of hydrogen-bond acceptors (Lipinski definition) is 2. The number of rotatable bonds is 3. The fraction of sp³-hybridized carbons (Fsp3) is 0.0769. The molecule has 94 valence electrons. The van der Waals surface area contributed by atoms with E-state index in [0.29, 0.717) is 10.0 Å². The average molecular weight is 363 g/mol. The van der Waals surface area contributed by atoms with E-state index in [4.69, 9.17) is 28.9 Å². The lowest BCUT2D eigenvalue weighted by atomic mass is 10.2. The van der Waals surface area contributed by atoms with Gasteiger partial charge in [0.25, 0.3) is 0 Å². The van der Waals surface area contributed by atoms with Crippen LogP contribution in [0.4, 0.5) is 5.69 Å². The van der Waals surface area contributed by atoms with Crippen LogP contribution in [-0.2, 0) is 5.75 Å². The Hall–Kier alpha value is -0.350. The zero-order chi connectivity index (χ0) is 13.1. The van der Waals surface area contributed by atoms with Crippen LogP contribution in [0.2, 0.25) is 10.0 Å². The van der Waals surface area contributed by atoms with Crippen molar-refractivity contribution < 1.29 is 0 Å². The van der Waals surface area contributed by atoms with E-state index in [2.05, 4.69) is 15.9 Å². The summed E-state index contributed by atoms with van der Waals surface area (Å²) in [5, 5.41) is 1.14. The molecule has 0 saturated heterocycles. The molecule has 0 aromatic heterocycles. The van der Waals surface area contributed by atoms with Crippen LogP contribution in [0.25, 0.3) is 0 Å². The standard InChI is InChI=1S/C13H10BrCl2NS/c14-10-2-1-3-13(17)9(10)7-18-8-4-5-11(15)12(16)6-8/h1-6H,7,17H2. The summed E-state index contributed by atoms with van der Waals surface area (Å²) in [6.45, 7) is 0. The molecule has 0 spiro atoms. The zero-order valence-corrected chi connectivity index (χ0v) is 13.2. The molecule has 2 rings (SSSR count). The van der Waals surface area contributed by atoms with Crippen molar-refractivity contribution in [1.29, 1.82) is 0 Å². The minimum Gasteiger partial charge on any atom is -0.398 e. The second-order valence-electron chi connectivity index (χ2n) is 3.67. The molecule has 2 aromatic carbocycles. The number of hydrogen-bond donors (Lipinski definition) is 1. The normalized spacial score (nSPS) is 10.6. The molecule has 0 aliphatic rings. The number of thioether (sulfide) groups is 1. The Kier molecular flexibility index (Phi) is 4.84. The summed E-state index contributed by atoms with van der Waals surface area (Å²) in [6.07, 6.45) is 0. The smallest absolute Gasteiger partial charge is 0.0603 e. The van der Waals surface area contributed by atoms with Crippen LogP contribution in [0.1, 0.15) is 5.56 Å². The molecule has 0 aliphatic heterocycles. The van der Waals surface area contributed by atoms with Crippen LogP contribution in [0.3, 0.4) is 0 Å². The molecule has 0 aliphatic carbocycles. The Morgan fingerprint density at radius 1 is 1.11 bits per heavy atom. The quantitative estimate of drug-likeness (QED) is 0.565. The lowest BCUT2D eigenvalue weighted by Gasteiger charge is -2.08. The minimum atomic E-state index is 0.571. The van der Waals surface area contributed by atoms with Crippen molar-refractivity contribution in [2.24, 2.45) is 0 Å². The van der Waals surface area contributed by atoms with Crippen LogP contribution in [-0.4, -0.2) is 0 Å². The van der Waals surface area contributed by atoms with Crippen LogP contribution >= 0.6 is 50.9 Å². The van der Waals surface area contributed by atoms with E-state index in [9.17, 15) is 0 Å². The van der Waals surface area contributed by atoms with E-state index in [1.54, 1.807) is 17.8 Å². The summed E-state index contributed by atoms with van der Waals surface area (Å²) < 4.78 is 1.02. The van der Waals surface area contributed by atoms with Crippen molar-refractivity contribution in [2.75, 3.05) is 5.73 Å². The molecule has 18 heavy (non-hydrogen) atoms. The van der Waals surface area contributed by atoms with Crippen molar-refractivity contribution in [1.82, 2.24) is 0 Å². The van der Waals surface area contributed by atoms with Gasteiger partial charge in [-0.15, -0.1) is 11.8 Å². The Bertz CT molecular complexity index is 555. The Labute approximate surface area is 129 Å². The van der Waals surface area contributed by atoms with Gasteiger partial charge in [0.2, 0.25) is 0 Å². The van der Waals surface area contributed by atoms with Gasteiger partial charge in [0, 0.05) is 20.8 Å². The highest BCUT2D eigenvalue weighted by Crippen LogP contribution is 2.33. The zero-order valence-electron chi connectivity index (χ0n) is 9.29. The van der Waals surface area contributed by atoms with E-state index in [1.165, 1.54) is 0 Å². The van der Waals surface area contributed by atoms with Crippen molar-refractivity contribution in [3.8, 4) is 0 Å². The van der Waals surface area contributed by atoms with Gasteiger partial charge in [0.1, 0.15) is 0 Å². The molecule has 0 radical (unpaired) electrons. The summed E-state index contributed by atoms with van der Waals surface area (Å²) in [5.74, 6) is 0.783. The van der Waals surface area contributed by atoms with Crippen LogP contribution in [0, 0.1) is 0 Å². The summed E-state index contributed by atoms with van der Waals surface area (Å²) in [6, 6.07) is 11.4. The van der Waals surface area contributed by atoms with Gasteiger partial charge in [-0.1, -0.05) is 45.2 Å². The van der Waals surface area contributed by atoms with Gasteiger partial charge in [-0.25, -0.2) is 0 Å². The lowest BCUT2D eigenvalue weighted by Crippen LogP contribution is -1.93. The fourth-order valence-corrected chi connectivity index (χ4v) is 3.52. The first-order valence-electron chi connectivity index (χ1n) is 5.18. The maximum absolute atomic E-state index is 5.98. The van der Waals surface area contributed by atoms with Gasteiger partial charge < -0.3 is 5.73 Å². The van der Waals surface area contributed by atoms with E-state index < -0.39 is 0 Å². The summed E-state index contributed by atoms with van der Waals surface area (Å²) in [5.41, 5.74) is 7.83. The van der Waals surface area contributed by atoms with E-state index in [-0.39, 0.29) is 0 Å². The Morgan fingerprint density at radius 3 is 2.56 bits per heavy atom. The van der Waals surface area contributed by atoms with Gasteiger partial charge in [0.15, 0.2) is 0 Å². The average Bonchev–Trinajstić information content (AvgIpc) is 2.33. The third kappa shape index (κ3) is 3.35. The molecule has 2 aromatic rings. The van der Waals surface area contributed by atoms with Crippen molar-refractivity contribution in [3.63, 3.8) is 0 Å². The third-order valence-corrected chi connectivity index (χ3v) is 4.93. The number of benzene rings is 2. The Balaban J connectivity index is 2.14. The molecule has 0 heterocycles. The molecule has 0 saturated carbocycles. The molecule has 5 heteroatoms. The predicted molar refractivity (Wildman–Crippen MR) is 84.6 cm³/mol. The monoisotopic (exact) mass is 361 g/mol. The van der Waals surface area contributed by atoms with E-state index >= 15 is 0 Å². The number of nitrogen functional groups attached to an aromatic ring is 1. The number of anilines is 1. The SMILES string of the molecule is Nc1cccc(Br)c1CSc1ccc(Cl)c(Cl)c1. The first-order valence-corrected chi connectivity index (χ1v) is 7.72. The molecule has 0 fully saturated rings. The van der Waals surface area contributed by atoms with Gasteiger partial charge in [-0.3, -0.25) is 0 Å². The van der Waals surface area contributed by atoms with Gasteiger partial charge >= 0.3 is 0 Å². The second-order valence-corrected chi connectivity index (χ2v) is 6.39. The van der Waals surface area contributed by atoms with Crippen molar-refractivity contribution in [2.45, 2.75) is 10.6 Å². The largest absolute Gasteiger partial charge is 0.398 e. The summed E-state index contributed by atoms with van der Waals surface area (Å²) in [4.78, 5) is 1.07. The highest BCUT2D eigenvalue weighted by molar-refractivity contribution is 9.10. The highest BCUT2D eigenvalue weighted by Gasteiger charge is 2.06. The van der Waals surface area contributed by atoms with Crippen LogP contribution in [0.15, 0.2) is 45.8 Å². The summed E-state index contributed by atoms with van der Waals surface area (Å²) >= 11 is 17.0. The Morgan fingerprint density at radius 2 is 1.89 bits per heavy atom. The molecule has 1 nitrogen and oxygen atoms in total. The third-order valence-electron chi connectivity index (χ3n) is 2.43. The van der Waals surface area contributed by atoms with Gasteiger partial charge in [-0.2, -0.15) is 0 Å². The highest BCUT2D eigenvalue weighted by atomic mass is 79.9. The van der Waals surface area contributed by atoms with Crippen LogP contribution in [0.5, 0.6) is 0 Å². The fourth-order valence-electron chi connectivity index (χ4n) is 1.45. The van der Waals surface area contributed by atoms with E-state index in [0.717, 1.165) is 26.4 Å². The van der Waals surface area contributed by atoms with Crippen molar-refractivity contribution in [3.05, 3.63) is 56.5 Å². The molecule has 0 atom stereocenters. The molecule has 0 amide bonds. The maximum Gasteiger partial charge on any atom is 0.0603 e. The minimum absolute atomic E-state index is 0.571. The summed E-state index contributed by atoms with van der Waals surface area (Å²) in [7, 11) is 0. The molecule has 0 bridgehead atoms. The van der Waals surface area contributed by atoms with Gasteiger partial charge in [-0.05, 0) is 35.9 Å². The van der Waals surface area contributed by atoms with Gasteiger partial charge in [0.05, 0.1) is 10.0 Å². The van der Waals surface area contributed by atoms with Crippen molar-refractivity contribution >= 4 is 56.6 Å². The predicted octanol–water partition coefficient (Wildman–Crippen LogP) is 5.63. The molecular formula is C13H10BrCl2NS. The number of nitrogens with two attached hydrogens (primary N) is 1. The first-order chi connectivity index (χ1) is 8.58. The number of halogens is 3. The maximum atomic E-state index is 5.98. The molecular weight excluding hydrogens is 353 g/mol. The molecule has 0 unspecified atom stereocenters. The topological polar surface area (TPSA) is 26.0 Å². The second kappa shape index (κ2) is 6.20.